The second kappa shape index (κ2) is 9.14. The summed E-state index contributed by atoms with van der Waals surface area (Å²) in [6.45, 7) is 2.74. The lowest BCUT2D eigenvalue weighted by atomic mass is 10.1. The number of carbonyl (C=O) groups excluding carboxylic acids is 1. The molecule has 2 aromatic carbocycles. The van der Waals surface area contributed by atoms with Gasteiger partial charge >= 0.3 is 0 Å². The van der Waals surface area contributed by atoms with E-state index in [0.717, 1.165) is 54.7 Å². The van der Waals surface area contributed by atoms with Crippen molar-refractivity contribution in [2.24, 2.45) is 13.0 Å². The van der Waals surface area contributed by atoms with Gasteiger partial charge in [-0.05, 0) is 42.7 Å². The van der Waals surface area contributed by atoms with Crippen LogP contribution in [0.1, 0.15) is 29.2 Å². The molecular formula is C26H27N5O4. The Labute approximate surface area is 202 Å². The average Bonchev–Trinajstić information content (AvgIpc) is 3.68. The Morgan fingerprint density at radius 3 is 2.83 bits per heavy atom. The van der Waals surface area contributed by atoms with E-state index < -0.39 is 0 Å². The van der Waals surface area contributed by atoms with Gasteiger partial charge in [-0.2, -0.15) is 10.1 Å². The van der Waals surface area contributed by atoms with Crippen molar-refractivity contribution < 1.29 is 18.8 Å². The first-order chi connectivity index (χ1) is 17.1. The number of rotatable bonds is 6. The van der Waals surface area contributed by atoms with E-state index in [1.807, 2.05) is 60.5 Å². The third-order valence-corrected chi connectivity index (χ3v) is 6.76. The van der Waals surface area contributed by atoms with E-state index in [9.17, 15) is 4.79 Å². The third-order valence-electron chi connectivity index (χ3n) is 6.76. The van der Waals surface area contributed by atoms with E-state index >= 15 is 0 Å². The molecule has 0 bridgehead atoms. The van der Waals surface area contributed by atoms with Gasteiger partial charge in [0.05, 0.1) is 12.1 Å². The topological polar surface area (TPSA) is 95.5 Å². The minimum atomic E-state index is -0.0646. The maximum Gasteiger partial charge on any atom is 0.275 e. The highest BCUT2D eigenvalue weighted by Gasteiger charge is 2.30. The minimum absolute atomic E-state index is 0.0553. The molecule has 9 heteroatoms. The molecule has 6 rings (SSSR count). The van der Waals surface area contributed by atoms with Gasteiger partial charge in [-0.1, -0.05) is 23.4 Å². The van der Waals surface area contributed by atoms with Crippen molar-refractivity contribution in [2.45, 2.75) is 25.4 Å². The summed E-state index contributed by atoms with van der Waals surface area (Å²) >= 11 is 0. The second-order valence-electron chi connectivity index (χ2n) is 9.24. The first-order valence-corrected chi connectivity index (χ1v) is 12.0. The zero-order valence-electron chi connectivity index (χ0n) is 19.6. The first-order valence-electron chi connectivity index (χ1n) is 12.0. The van der Waals surface area contributed by atoms with Crippen LogP contribution in [0.4, 0.5) is 0 Å². The maximum absolute atomic E-state index is 13.1. The highest BCUT2D eigenvalue weighted by Crippen LogP contribution is 2.26. The molecule has 2 aromatic heterocycles. The number of amides is 1. The number of carbonyl (C=O) groups is 1. The van der Waals surface area contributed by atoms with Crippen molar-refractivity contribution in [2.75, 3.05) is 26.3 Å². The minimum Gasteiger partial charge on any atom is -0.489 e. The summed E-state index contributed by atoms with van der Waals surface area (Å²) in [4.78, 5) is 19.5. The number of ether oxygens (including phenoxy) is 2. The lowest BCUT2D eigenvalue weighted by Crippen LogP contribution is -2.31. The van der Waals surface area contributed by atoms with E-state index in [2.05, 4.69) is 15.2 Å². The van der Waals surface area contributed by atoms with Crippen LogP contribution < -0.4 is 4.74 Å². The summed E-state index contributed by atoms with van der Waals surface area (Å²) in [5, 5.41) is 9.47. The van der Waals surface area contributed by atoms with Crippen LogP contribution in [0.3, 0.4) is 0 Å². The van der Waals surface area contributed by atoms with Crippen LogP contribution in [0.25, 0.3) is 22.3 Å². The van der Waals surface area contributed by atoms with Gasteiger partial charge in [0.25, 0.3) is 5.91 Å². The summed E-state index contributed by atoms with van der Waals surface area (Å²) < 4.78 is 18.8. The van der Waals surface area contributed by atoms with Crippen LogP contribution in [0, 0.1) is 5.92 Å². The lowest BCUT2D eigenvalue weighted by molar-refractivity contribution is 0.0767. The summed E-state index contributed by atoms with van der Waals surface area (Å²) in [5.74, 6) is 2.37. The van der Waals surface area contributed by atoms with Crippen molar-refractivity contribution in [1.82, 2.24) is 24.8 Å². The fraction of sp³-hybridized carbons (Fsp3) is 0.385. The predicted octanol–water partition coefficient (Wildman–Crippen LogP) is 3.50. The number of hydrogen-bond acceptors (Lipinski definition) is 7. The largest absolute Gasteiger partial charge is 0.489 e. The van der Waals surface area contributed by atoms with E-state index in [4.69, 9.17) is 14.0 Å². The molecule has 180 valence electrons. The zero-order chi connectivity index (χ0) is 23.8. The molecule has 0 N–H and O–H groups in total. The maximum atomic E-state index is 13.1. The molecule has 9 nitrogen and oxygen atoms in total. The molecule has 2 unspecified atom stereocenters. The highest BCUT2D eigenvalue weighted by atomic mass is 16.5. The molecule has 35 heavy (non-hydrogen) atoms. The molecule has 4 heterocycles. The summed E-state index contributed by atoms with van der Waals surface area (Å²) in [6, 6.07) is 15.5. The lowest BCUT2D eigenvalue weighted by Gasteiger charge is -2.16. The summed E-state index contributed by atoms with van der Waals surface area (Å²) in [6.07, 6.45) is 2.49. The third kappa shape index (κ3) is 4.39. The fourth-order valence-electron chi connectivity index (χ4n) is 4.85. The molecular weight excluding hydrogens is 446 g/mol. The summed E-state index contributed by atoms with van der Waals surface area (Å²) in [5.41, 5.74) is 2.32. The number of nitrogens with zero attached hydrogens (tertiary/aromatic N) is 5. The van der Waals surface area contributed by atoms with Crippen molar-refractivity contribution in [3.63, 3.8) is 0 Å². The van der Waals surface area contributed by atoms with E-state index in [1.54, 1.807) is 4.68 Å². The van der Waals surface area contributed by atoms with Crippen LogP contribution in [-0.4, -0.2) is 63.1 Å². The second-order valence-corrected chi connectivity index (χ2v) is 9.24. The molecule has 0 saturated carbocycles. The Kier molecular flexibility index (Phi) is 5.69. The highest BCUT2D eigenvalue weighted by molar-refractivity contribution is 6.04. The number of fused-ring (bicyclic) bond motifs is 1. The smallest absolute Gasteiger partial charge is 0.275 e. The number of aromatic nitrogens is 4. The first kappa shape index (κ1) is 21.8. The average molecular weight is 474 g/mol. The number of likely N-dealkylation sites (tertiary alicyclic amines) is 1. The Balaban J connectivity index is 1.07. The van der Waals surface area contributed by atoms with Gasteiger partial charge in [-0.25, -0.2) is 0 Å². The molecule has 2 atom stereocenters. The van der Waals surface area contributed by atoms with Gasteiger partial charge in [-0.15, -0.1) is 0 Å². The predicted molar refractivity (Wildman–Crippen MR) is 128 cm³/mol. The molecule has 1 amide bonds. The standard InChI is InChI=1S/C26H27N5O4/c1-30-22-5-3-2-4-21(22)24(28-30)26(32)31-12-10-20(15-31)34-19-8-6-18(7-9-19)25-27-23(35-29-25)14-17-11-13-33-16-17/h2-9,17,20H,10-16H2,1H3. The van der Waals surface area contributed by atoms with Gasteiger partial charge in [0.15, 0.2) is 5.69 Å². The van der Waals surface area contributed by atoms with Crippen LogP contribution in [0.5, 0.6) is 5.75 Å². The molecule has 4 aromatic rings. The number of para-hydroxylation sites is 1. The fourth-order valence-corrected chi connectivity index (χ4v) is 4.85. The monoisotopic (exact) mass is 473 g/mol. The normalized spacial score (nSPS) is 20.1. The van der Waals surface area contributed by atoms with Crippen LogP contribution >= 0.6 is 0 Å². The molecule has 0 radical (unpaired) electrons. The van der Waals surface area contributed by atoms with Gasteiger partial charge in [0.2, 0.25) is 11.7 Å². The molecule has 2 saturated heterocycles. The molecule has 2 aliphatic rings. The molecule has 2 fully saturated rings. The zero-order valence-corrected chi connectivity index (χ0v) is 19.6. The Hall–Kier alpha value is -3.72. The Bertz CT molecular complexity index is 1340. The van der Waals surface area contributed by atoms with Crippen LogP contribution in [0.15, 0.2) is 53.1 Å². The molecule has 2 aliphatic heterocycles. The van der Waals surface area contributed by atoms with E-state index in [1.165, 1.54) is 0 Å². The van der Waals surface area contributed by atoms with Crippen molar-refractivity contribution in [3.05, 3.63) is 60.1 Å². The van der Waals surface area contributed by atoms with Crippen molar-refractivity contribution in [1.29, 1.82) is 0 Å². The van der Waals surface area contributed by atoms with Gasteiger partial charge in [0, 0.05) is 50.6 Å². The number of hydrogen-bond donors (Lipinski definition) is 0. The van der Waals surface area contributed by atoms with E-state index in [-0.39, 0.29) is 12.0 Å². The Morgan fingerprint density at radius 1 is 1.14 bits per heavy atom. The van der Waals surface area contributed by atoms with Crippen molar-refractivity contribution >= 4 is 16.8 Å². The van der Waals surface area contributed by atoms with Gasteiger partial charge in [-0.3, -0.25) is 9.48 Å². The van der Waals surface area contributed by atoms with Gasteiger partial charge < -0.3 is 18.9 Å². The summed E-state index contributed by atoms with van der Waals surface area (Å²) in [7, 11) is 1.86. The number of aryl methyl sites for hydroxylation is 1. The van der Waals surface area contributed by atoms with Crippen molar-refractivity contribution in [3.8, 4) is 17.1 Å². The SMILES string of the molecule is Cn1nc(C(=O)N2CCC(Oc3ccc(-c4noc(CC5CCOC5)n4)cc3)C2)c2ccccc21. The quantitative estimate of drug-likeness (QED) is 0.423. The van der Waals surface area contributed by atoms with E-state index in [0.29, 0.717) is 36.4 Å². The Morgan fingerprint density at radius 2 is 2.00 bits per heavy atom. The van der Waals surface area contributed by atoms with Gasteiger partial charge in [0.1, 0.15) is 11.9 Å². The molecule has 0 spiro atoms. The van der Waals surface area contributed by atoms with Crippen LogP contribution in [-0.2, 0) is 18.2 Å². The number of benzene rings is 2. The molecule has 0 aliphatic carbocycles. The van der Waals surface area contributed by atoms with Crippen LogP contribution in [0.2, 0.25) is 0 Å².